The van der Waals surface area contributed by atoms with Crippen molar-refractivity contribution in [1.82, 2.24) is 29.2 Å². The molecule has 1 N–H and O–H groups in total. The summed E-state index contributed by atoms with van der Waals surface area (Å²) in [5.41, 5.74) is 2.12. The van der Waals surface area contributed by atoms with E-state index >= 15 is 0 Å². The second-order valence-electron chi connectivity index (χ2n) is 8.22. The van der Waals surface area contributed by atoms with Crippen LogP contribution in [0.4, 0.5) is 16.0 Å². The van der Waals surface area contributed by atoms with Gasteiger partial charge in [0, 0.05) is 73.4 Å². The van der Waals surface area contributed by atoms with Gasteiger partial charge in [0.1, 0.15) is 18.2 Å². The third-order valence-corrected chi connectivity index (χ3v) is 6.12. The smallest absolute Gasteiger partial charge is 0.344 e. The number of hydrogen-bond donors (Lipinski definition) is 1. The van der Waals surface area contributed by atoms with Crippen molar-refractivity contribution in [3.05, 3.63) is 64.3 Å². The van der Waals surface area contributed by atoms with Gasteiger partial charge in [-0.1, -0.05) is 0 Å². The number of rotatable bonds is 3. The zero-order valence-electron chi connectivity index (χ0n) is 18.5. The highest BCUT2D eigenvalue weighted by molar-refractivity contribution is 5.89. The van der Waals surface area contributed by atoms with E-state index in [1.165, 1.54) is 16.8 Å². The maximum absolute atomic E-state index is 14.9. The number of hydrogen-bond acceptors (Lipinski definition) is 6. The zero-order valence-corrected chi connectivity index (χ0v) is 18.5. The highest BCUT2D eigenvalue weighted by Crippen LogP contribution is 2.30. The first-order valence-electron chi connectivity index (χ1n) is 10.5. The van der Waals surface area contributed by atoms with Gasteiger partial charge in [-0.2, -0.15) is 5.10 Å². The molecular weight excluding hydrogens is 425 g/mol. The summed E-state index contributed by atoms with van der Waals surface area (Å²) >= 11 is 0. The minimum atomic E-state index is -0.416. The molecule has 1 amide bonds. The molecule has 4 aromatic rings. The molecule has 4 heterocycles. The Bertz CT molecular complexity index is 1470. The third-order valence-electron chi connectivity index (χ3n) is 6.12. The van der Waals surface area contributed by atoms with Crippen molar-refractivity contribution in [2.24, 2.45) is 7.05 Å². The van der Waals surface area contributed by atoms with E-state index in [0.717, 1.165) is 17.5 Å². The molecule has 1 aliphatic rings. The van der Waals surface area contributed by atoms with Crippen molar-refractivity contribution in [3.8, 4) is 11.1 Å². The van der Waals surface area contributed by atoms with Crippen LogP contribution in [0, 0.1) is 12.7 Å². The number of halogens is 1. The SMILES string of the molecule is Cc1c(-c2cc3cc(Nc4cc5n(n4)CC(=O)N(C)CC5)ncc3cc2F)cnc(=O)n1C. The van der Waals surface area contributed by atoms with Crippen molar-refractivity contribution < 1.29 is 9.18 Å². The minimum absolute atomic E-state index is 0.0185. The second kappa shape index (κ2) is 7.80. The number of benzene rings is 1. The molecule has 0 unspecified atom stereocenters. The molecular formula is C23H22FN7O2. The molecule has 0 radical (unpaired) electrons. The van der Waals surface area contributed by atoms with E-state index < -0.39 is 5.82 Å². The van der Waals surface area contributed by atoms with Crippen molar-refractivity contribution in [1.29, 1.82) is 0 Å². The molecule has 0 fully saturated rings. The van der Waals surface area contributed by atoms with E-state index in [9.17, 15) is 14.0 Å². The van der Waals surface area contributed by atoms with Crippen molar-refractivity contribution in [2.75, 3.05) is 18.9 Å². The van der Waals surface area contributed by atoms with Crippen LogP contribution < -0.4 is 11.0 Å². The lowest BCUT2D eigenvalue weighted by Gasteiger charge is -2.12. The summed E-state index contributed by atoms with van der Waals surface area (Å²) in [4.78, 5) is 33.8. The van der Waals surface area contributed by atoms with Gasteiger partial charge in [0.25, 0.3) is 0 Å². The molecule has 9 nitrogen and oxygen atoms in total. The first kappa shape index (κ1) is 20.8. The quantitative estimate of drug-likeness (QED) is 0.518. The van der Waals surface area contributed by atoms with Gasteiger partial charge in [0.05, 0.1) is 0 Å². The van der Waals surface area contributed by atoms with Crippen LogP contribution in [0.25, 0.3) is 21.9 Å². The predicted octanol–water partition coefficient (Wildman–Crippen LogP) is 2.40. The fourth-order valence-corrected chi connectivity index (χ4v) is 3.97. The number of aromatic nitrogens is 5. The highest BCUT2D eigenvalue weighted by atomic mass is 19.1. The average Bonchev–Trinajstić information content (AvgIpc) is 3.10. The van der Waals surface area contributed by atoms with Gasteiger partial charge >= 0.3 is 5.69 Å². The summed E-state index contributed by atoms with van der Waals surface area (Å²) in [7, 11) is 3.40. The number of fused-ring (bicyclic) bond motifs is 2. The number of pyridine rings is 1. The van der Waals surface area contributed by atoms with Crippen LogP contribution in [-0.4, -0.2) is 48.7 Å². The molecule has 168 valence electrons. The van der Waals surface area contributed by atoms with Gasteiger partial charge < -0.3 is 10.2 Å². The summed E-state index contributed by atoms with van der Waals surface area (Å²) in [6.45, 7) is 2.60. The molecule has 10 heteroatoms. The normalized spacial score (nSPS) is 13.8. The molecule has 0 saturated heterocycles. The largest absolute Gasteiger partial charge is 0.347 e. The Kier molecular flexibility index (Phi) is 4.92. The Hall–Kier alpha value is -4.08. The fraction of sp³-hybridized carbons (Fsp3) is 0.261. The number of amides is 1. The molecule has 1 aromatic carbocycles. The fourth-order valence-electron chi connectivity index (χ4n) is 3.97. The Morgan fingerprint density at radius 3 is 2.61 bits per heavy atom. The van der Waals surface area contributed by atoms with Gasteiger partial charge in [0.2, 0.25) is 5.91 Å². The van der Waals surface area contributed by atoms with E-state index in [1.807, 2.05) is 12.1 Å². The van der Waals surface area contributed by atoms with Gasteiger partial charge in [-0.25, -0.2) is 19.2 Å². The Morgan fingerprint density at radius 1 is 0.970 bits per heavy atom. The molecule has 5 rings (SSSR count). The van der Waals surface area contributed by atoms with Crippen LogP contribution in [-0.2, 0) is 24.8 Å². The number of nitrogens with zero attached hydrogens (tertiary/aromatic N) is 6. The molecule has 0 atom stereocenters. The molecule has 0 aliphatic carbocycles. The number of anilines is 2. The van der Waals surface area contributed by atoms with Gasteiger partial charge in [-0.3, -0.25) is 14.0 Å². The monoisotopic (exact) mass is 447 g/mol. The Morgan fingerprint density at radius 2 is 1.79 bits per heavy atom. The summed E-state index contributed by atoms with van der Waals surface area (Å²) in [6.07, 6.45) is 3.72. The average molecular weight is 447 g/mol. The summed E-state index contributed by atoms with van der Waals surface area (Å²) < 4.78 is 18.0. The Labute approximate surface area is 188 Å². The van der Waals surface area contributed by atoms with Crippen molar-refractivity contribution >= 4 is 28.3 Å². The topological polar surface area (TPSA) is 97.9 Å². The highest BCUT2D eigenvalue weighted by Gasteiger charge is 2.19. The number of carbonyl (C=O) groups is 1. The standard InChI is InChI=1S/C23H22FN7O2/c1-13-18(11-26-23(33)30(13)3)17-6-14-8-20(25-10-15(14)7-19(17)24)27-21-9-16-4-5-29(2)22(32)12-31(16)28-21/h6-11H,4-5,12H2,1-3H3,(H,25,27,28). The minimum Gasteiger partial charge on any atom is -0.344 e. The first-order valence-corrected chi connectivity index (χ1v) is 10.5. The maximum atomic E-state index is 14.9. The van der Waals surface area contributed by atoms with Crippen LogP contribution in [0.15, 0.2) is 41.5 Å². The van der Waals surface area contributed by atoms with E-state index in [1.54, 1.807) is 42.9 Å². The molecule has 1 aliphatic heterocycles. The first-order chi connectivity index (χ1) is 15.8. The van der Waals surface area contributed by atoms with Crippen LogP contribution in [0.5, 0.6) is 0 Å². The van der Waals surface area contributed by atoms with Crippen LogP contribution in [0.3, 0.4) is 0 Å². The van der Waals surface area contributed by atoms with E-state index in [-0.39, 0.29) is 18.1 Å². The number of likely N-dealkylation sites (N-methyl/N-ethyl adjacent to an activating group) is 1. The van der Waals surface area contributed by atoms with Crippen LogP contribution in [0.1, 0.15) is 11.4 Å². The lowest BCUT2D eigenvalue weighted by Crippen LogP contribution is -2.29. The number of carbonyl (C=O) groups excluding carboxylic acids is 1. The lowest BCUT2D eigenvalue weighted by atomic mass is 10.0. The van der Waals surface area contributed by atoms with E-state index in [2.05, 4.69) is 20.4 Å². The summed E-state index contributed by atoms with van der Waals surface area (Å²) in [5.74, 6) is 0.743. The van der Waals surface area contributed by atoms with Crippen LogP contribution >= 0.6 is 0 Å². The van der Waals surface area contributed by atoms with Gasteiger partial charge in [-0.05, 0) is 30.5 Å². The number of nitrogens with one attached hydrogen (secondary N) is 1. The summed E-state index contributed by atoms with van der Waals surface area (Å²) in [6, 6.07) is 6.87. The molecule has 0 saturated carbocycles. The predicted molar refractivity (Wildman–Crippen MR) is 122 cm³/mol. The van der Waals surface area contributed by atoms with Crippen LogP contribution in [0.2, 0.25) is 0 Å². The van der Waals surface area contributed by atoms with Gasteiger partial charge in [0.15, 0.2) is 5.82 Å². The zero-order chi connectivity index (χ0) is 23.3. The maximum Gasteiger partial charge on any atom is 0.347 e. The van der Waals surface area contributed by atoms with Crippen molar-refractivity contribution in [3.63, 3.8) is 0 Å². The molecule has 0 bridgehead atoms. The second-order valence-corrected chi connectivity index (χ2v) is 8.22. The third kappa shape index (κ3) is 3.73. The Balaban J connectivity index is 1.49. The summed E-state index contributed by atoms with van der Waals surface area (Å²) in [5, 5.41) is 9.10. The van der Waals surface area contributed by atoms with Crippen molar-refractivity contribution in [2.45, 2.75) is 19.9 Å². The van der Waals surface area contributed by atoms with Gasteiger partial charge in [-0.15, -0.1) is 0 Å². The molecule has 3 aromatic heterocycles. The van der Waals surface area contributed by atoms with E-state index in [0.29, 0.717) is 40.4 Å². The molecule has 33 heavy (non-hydrogen) atoms. The van der Waals surface area contributed by atoms with E-state index in [4.69, 9.17) is 0 Å². The molecule has 0 spiro atoms. The lowest BCUT2D eigenvalue weighted by molar-refractivity contribution is -0.130.